The van der Waals surface area contributed by atoms with Gasteiger partial charge < -0.3 is 10.2 Å². The van der Waals surface area contributed by atoms with Gasteiger partial charge in [-0.1, -0.05) is 0 Å². The van der Waals surface area contributed by atoms with Gasteiger partial charge in [-0.15, -0.1) is 24.0 Å². The first-order valence-corrected chi connectivity index (χ1v) is 8.93. The molecule has 1 fully saturated rings. The van der Waals surface area contributed by atoms with Gasteiger partial charge in [-0.05, 0) is 31.5 Å². The zero-order chi connectivity index (χ0) is 17.3. The molecule has 2 rings (SSSR count). The van der Waals surface area contributed by atoms with Crippen LogP contribution in [0, 0.1) is 11.6 Å². The Morgan fingerprint density at radius 3 is 2.38 bits per heavy atom. The van der Waals surface area contributed by atoms with E-state index in [4.69, 9.17) is 0 Å². The predicted molar refractivity (Wildman–Crippen MR) is 101 cm³/mol. The van der Waals surface area contributed by atoms with E-state index in [1.54, 1.807) is 20.9 Å². The van der Waals surface area contributed by atoms with Crippen molar-refractivity contribution in [3.05, 3.63) is 35.4 Å². The van der Waals surface area contributed by atoms with Crippen molar-refractivity contribution in [2.24, 2.45) is 4.99 Å². The van der Waals surface area contributed by atoms with Crippen molar-refractivity contribution in [2.75, 3.05) is 25.9 Å². The maximum atomic E-state index is 13.2. The molecule has 136 valence electrons. The van der Waals surface area contributed by atoms with E-state index in [9.17, 15) is 17.2 Å². The van der Waals surface area contributed by atoms with Crippen LogP contribution in [0.5, 0.6) is 0 Å². The van der Waals surface area contributed by atoms with Gasteiger partial charge in [0, 0.05) is 32.7 Å². The Labute approximate surface area is 158 Å². The summed E-state index contributed by atoms with van der Waals surface area (Å²) in [5.41, 5.74) is 0.451. The van der Waals surface area contributed by atoms with E-state index >= 15 is 0 Å². The Balaban J connectivity index is 0.00000288. The second kappa shape index (κ2) is 7.94. The lowest BCUT2D eigenvalue weighted by molar-refractivity contribution is 0.353. The van der Waals surface area contributed by atoms with E-state index < -0.39 is 26.2 Å². The first-order valence-electron chi connectivity index (χ1n) is 7.27. The van der Waals surface area contributed by atoms with Crippen LogP contribution in [-0.2, 0) is 16.4 Å². The van der Waals surface area contributed by atoms with Crippen molar-refractivity contribution in [3.63, 3.8) is 0 Å². The highest BCUT2D eigenvalue weighted by molar-refractivity contribution is 14.0. The fourth-order valence-electron chi connectivity index (χ4n) is 2.55. The zero-order valence-corrected chi connectivity index (χ0v) is 17.0. The molecule has 5 nitrogen and oxygen atoms in total. The molecule has 24 heavy (non-hydrogen) atoms. The largest absolute Gasteiger partial charge is 0.352 e. The Morgan fingerprint density at radius 2 is 1.88 bits per heavy atom. The molecule has 0 aromatic heterocycles. The SMILES string of the molecule is CN=C(NCc1cc(F)cc(F)c1)N1CCS(=O)(=O)C(C)(C)C1.I. The number of aliphatic imine (C=N–C) groups is 1. The lowest BCUT2D eigenvalue weighted by Crippen LogP contribution is -2.57. The predicted octanol–water partition coefficient (Wildman–Crippen LogP) is 2.17. The molecular formula is C15H22F2IN3O2S. The molecule has 0 unspecified atom stereocenters. The number of nitrogens with zero attached hydrogens (tertiary/aromatic N) is 2. The van der Waals surface area contributed by atoms with Crippen LogP contribution in [0.4, 0.5) is 8.78 Å². The maximum absolute atomic E-state index is 13.2. The van der Waals surface area contributed by atoms with Crippen LogP contribution in [0.2, 0.25) is 0 Å². The summed E-state index contributed by atoms with van der Waals surface area (Å²) in [5.74, 6) is -0.712. The lowest BCUT2D eigenvalue weighted by Gasteiger charge is -2.39. The maximum Gasteiger partial charge on any atom is 0.193 e. The van der Waals surface area contributed by atoms with Gasteiger partial charge in [-0.3, -0.25) is 4.99 Å². The molecule has 0 radical (unpaired) electrons. The van der Waals surface area contributed by atoms with Crippen LogP contribution in [0.15, 0.2) is 23.2 Å². The third-order valence-corrected chi connectivity index (χ3v) is 6.46. The topological polar surface area (TPSA) is 61.8 Å². The molecule has 1 aromatic rings. The summed E-state index contributed by atoms with van der Waals surface area (Å²) >= 11 is 0. The molecule has 1 heterocycles. The minimum atomic E-state index is -3.14. The number of guanidine groups is 1. The molecule has 0 atom stereocenters. The first-order chi connectivity index (χ1) is 10.6. The number of benzene rings is 1. The lowest BCUT2D eigenvalue weighted by atomic mass is 10.2. The molecular weight excluding hydrogens is 451 g/mol. The molecule has 1 aromatic carbocycles. The van der Waals surface area contributed by atoms with E-state index in [-0.39, 0.29) is 36.3 Å². The average molecular weight is 473 g/mol. The summed E-state index contributed by atoms with van der Waals surface area (Å²) in [4.78, 5) is 5.98. The summed E-state index contributed by atoms with van der Waals surface area (Å²) in [6.45, 7) is 4.22. The minimum Gasteiger partial charge on any atom is -0.352 e. The molecule has 1 aliphatic rings. The molecule has 0 spiro atoms. The van der Waals surface area contributed by atoms with Crippen LogP contribution in [0.1, 0.15) is 19.4 Å². The molecule has 0 saturated carbocycles. The average Bonchev–Trinajstić information content (AvgIpc) is 2.42. The van der Waals surface area contributed by atoms with Gasteiger partial charge in [-0.2, -0.15) is 0 Å². The van der Waals surface area contributed by atoms with Gasteiger partial charge in [0.25, 0.3) is 0 Å². The highest BCUT2D eigenvalue weighted by atomic mass is 127. The number of rotatable bonds is 2. The van der Waals surface area contributed by atoms with Gasteiger partial charge in [0.2, 0.25) is 0 Å². The summed E-state index contributed by atoms with van der Waals surface area (Å²) < 4.78 is 49.6. The highest BCUT2D eigenvalue weighted by Crippen LogP contribution is 2.23. The minimum absolute atomic E-state index is 0. The van der Waals surface area contributed by atoms with Crippen molar-refractivity contribution in [1.82, 2.24) is 10.2 Å². The second-order valence-electron chi connectivity index (χ2n) is 6.18. The third kappa shape index (κ3) is 4.78. The number of sulfone groups is 1. The highest BCUT2D eigenvalue weighted by Gasteiger charge is 2.40. The summed E-state index contributed by atoms with van der Waals surface area (Å²) in [6, 6.07) is 3.30. The Morgan fingerprint density at radius 1 is 1.29 bits per heavy atom. The fraction of sp³-hybridized carbons (Fsp3) is 0.533. The molecule has 0 aliphatic carbocycles. The van der Waals surface area contributed by atoms with Crippen molar-refractivity contribution >= 4 is 39.8 Å². The molecule has 0 bridgehead atoms. The van der Waals surface area contributed by atoms with Gasteiger partial charge >= 0.3 is 0 Å². The Hall–Kier alpha value is -0.970. The van der Waals surface area contributed by atoms with Gasteiger partial charge in [0.15, 0.2) is 15.8 Å². The molecule has 1 saturated heterocycles. The molecule has 1 aliphatic heterocycles. The van der Waals surface area contributed by atoms with Gasteiger partial charge in [0.05, 0.1) is 10.5 Å². The second-order valence-corrected chi connectivity index (χ2v) is 8.92. The van der Waals surface area contributed by atoms with Crippen LogP contribution in [0.3, 0.4) is 0 Å². The molecule has 1 N–H and O–H groups in total. The van der Waals surface area contributed by atoms with Crippen molar-refractivity contribution in [2.45, 2.75) is 25.1 Å². The van der Waals surface area contributed by atoms with Crippen LogP contribution < -0.4 is 5.32 Å². The summed E-state index contributed by atoms with van der Waals surface area (Å²) in [6.07, 6.45) is 0. The molecule has 0 amide bonds. The Bertz CT molecular complexity index is 703. The third-order valence-electron chi connectivity index (χ3n) is 3.93. The van der Waals surface area contributed by atoms with E-state index in [0.29, 0.717) is 24.6 Å². The van der Waals surface area contributed by atoms with E-state index in [0.717, 1.165) is 6.07 Å². The number of hydrogen-bond acceptors (Lipinski definition) is 3. The zero-order valence-electron chi connectivity index (χ0n) is 13.8. The Kier molecular flexibility index (Phi) is 6.97. The number of nitrogens with one attached hydrogen (secondary N) is 1. The van der Waals surface area contributed by atoms with Crippen LogP contribution in [-0.4, -0.2) is 49.9 Å². The van der Waals surface area contributed by atoms with Crippen molar-refractivity contribution < 1.29 is 17.2 Å². The van der Waals surface area contributed by atoms with E-state index in [1.807, 2.05) is 4.90 Å². The fourth-order valence-corrected chi connectivity index (χ4v) is 3.92. The quantitative estimate of drug-likeness (QED) is 0.407. The summed E-state index contributed by atoms with van der Waals surface area (Å²) in [5, 5.41) is 3.02. The standard InChI is InChI=1S/C15H21F2N3O2S.HI/c1-15(2)10-20(4-5-23(15,21)22)14(18-3)19-9-11-6-12(16)8-13(17)7-11;/h6-8H,4-5,9-10H2,1-3H3,(H,18,19);1H. The van der Waals surface area contributed by atoms with Crippen molar-refractivity contribution in [3.8, 4) is 0 Å². The smallest absolute Gasteiger partial charge is 0.193 e. The van der Waals surface area contributed by atoms with Crippen LogP contribution >= 0.6 is 24.0 Å². The van der Waals surface area contributed by atoms with Crippen molar-refractivity contribution in [1.29, 1.82) is 0 Å². The normalized spacial score (nSPS) is 19.5. The van der Waals surface area contributed by atoms with E-state index in [1.165, 1.54) is 12.1 Å². The first kappa shape index (κ1) is 21.1. The monoisotopic (exact) mass is 473 g/mol. The van der Waals surface area contributed by atoms with Crippen LogP contribution in [0.25, 0.3) is 0 Å². The number of hydrogen-bond donors (Lipinski definition) is 1. The van der Waals surface area contributed by atoms with E-state index in [2.05, 4.69) is 10.3 Å². The number of halogens is 3. The summed E-state index contributed by atoms with van der Waals surface area (Å²) in [7, 11) is -1.55. The van der Waals surface area contributed by atoms with Gasteiger partial charge in [-0.25, -0.2) is 17.2 Å². The molecule has 9 heteroatoms. The van der Waals surface area contributed by atoms with Gasteiger partial charge in [0.1, 0.15) is 11.6 Å².